The number of rotatable bonds is 26. The van der Waals surface area contributed by atoms with Gasteiger partial charge in [0.1, 0.15) is 38.0 Å². The Morgan fingerprint density at radius 3 is 1.27 bits per heavy atom. The van der Waals surface area contributed by atoms with Crippen LogP contribution in [0.4, 0.5) is 0 Å². The van der Waals surface area contributed by atoms with Crippen LogP contribution in [-0.4, -0.2) is 68.8 Å². The minimum atomic E-state index is -4.72. The van der Waals surface area contributed by atoms with E-state index in [0.29, 0.717) is 11.5 Å². The van der Waals surface area contributed by atoms with E-state index in [-0.39, 0.29) is 59.9 Å². The summed E-state index contributed by atoms with van der Waals surface area (Å²) in [6.07, 6.45) is 25.2. The van der Waals surface area contributed by atoms with Crippen LogP contribution in [-0.2, 0) is 33.1 Å². The van der Waals surface area contributed by atoms with Gasteiger partial charge < -0.3 is 24.2 Å². The van der Waals surface area contributed by atoms with Crippen molar-refractivity contribution in [2.75, 3.05) is 0 Å². The fourth-order valence-corrected chi connectivity index (χ4v) is 7.72. The molecule has 0 spiro atoms. The number of phenolic OH excluding ortho intramolecular Hbond substituents is 1. The molecule has 0 aliphatic carbocycles. The number of unbranched alkanes of at least 4 members (excludes halogenated alkanes) is 16. The first-order valence-electron chi connectivity index (χ1n) is 20.9. The van der Waals surface area contributed by atoms with E-state index < -0.39 is 30.9 Å². The van der Waals surface area contributed by atoms with Crippen LogP contribution < -0.4 is 14.6 Å². The molecule has 0 amide bonds. The first kappa shape index (κ1) is 52.3. The number of hydrogen-bond acceptors (Lipinski definition) is 9. The molecule has 2 N–H and O–H groups in total. The molecule has 0 unspecified atom stereocenters. The van der Waals surface area contributed by atoms with Crippen molar-refractivity contribution in [3.05, 3.63) is 96.1 Å². The molecular formula is C46H62CaO10S2. The van der Waals surface area contributed by atoms with Gasteiger partial charge in [0.25, 0.3) is 10.1 Å². The Kier molecular flexibility index (Phi) is 25.4. The average Bonchev–Trinajstić information content (AvgIpc) is 3.17. The first-order chi connectivity index (χ1) is 27.8. The van der Waals surface area contributed by atoms with Gasteiger partial charge in [-0.15, -0.1) is 5.75 Å². The quantitative estimate of drug-likeness (QED) is 0.0351. The number of aryl methyl sites for hydroxylation is 2. The van der Waals surface area contributed by atoms with Gasteiger partial charge in [-0.25, -0.2) is 8.42 Å². The Hall–Kier alpha value is -2.84. The van der Waals surface area contributed by atoms with Gasteiger partial charge in [-0.3, -0.25) is 4.55 Å². The molecule has 0 radical (unpaired) electrons. The molecule has 0 aromatic heterocycles. The van der Waals surface area contributed by atoms with Gasteiger partial charge in [-0.2, -0.15) is 8.42 Å². The van der Waals surface area contributed by atoms with Crippen molar-refractivity contribution >= 4 is 58.0 Å². The molecule has 4 aromatic rings. The van der Waals surface area contributed by atoms with E-state index in [1.807, 2.05) is 24.3 Å². The van der Waals surface area contributed by atoms with Crippen molar-refractivity contribution < 1.29 is 45.6 Å². The molecule has 320 valence electrons. The SMILES string of the molecule is CCCCCCCCCCCc1ccc(Oc2cc(O)ccc2S(=O)(=O)O)cc1.CCCCCCCCCCCc1ccc(Oc2cc([O-])ccc2S(=O)(=O)[O-])cc1.[Ca+2]. The Balaban J connectivity index is 0.000000400. The number of hydrogen-bond donors (Lipinski definition) is 2. The van der Waals surface area contributed by atoms with Crippen molar-refractivity contribution in [1.29, 1.82) is 0 Å². The number of aromatic hydroxyl groups is 1. The summed E-state index contributed by atoms with van der Waals surface area (Å²) in [7, 11) is -9.16. The zero-order chi connectivity index (χ0) is 42.2. The average molecular weight is 879 g/mol. The van der Waals surface area contributed by atoms with Gasteiger partial charge in [0.15, 0.2) is 5.75 Å². The van der Waals surface area contributed by atoms with Gasteiger partial charge >= 0.3 is 37.7 Å². The molecular weight excluding hydrogens is 817 g/mol. The van der Waals surface area contributed by atoms with E-state index >= 15 is 0 Å². The summed E-state index contributed by atoms with van der Waals surface area (Å²) in [6, 6.07) is 21.2. The molecule has 59 heavy (non-hydrogen) atoms. The van der Waals surface area contributed by atoms with E-state index in [4.69, 9.17) is 9.47 Å². The van der Waals surface area contributed by atoms with Crippen molar-refractivity contribution in [2.45, 2.75) is 152 Å². The van der Waals surface area contributed by atoms with E-state index in [9.17, 15) is 36.2 Å². The minimum Gasteiger partial charge on any atom is -0.872 e. The van der Waals surface area contributed by atoms with Crippen molar-refractivity contribution in [1.82, 2.24) is 0 Å². The van der Waals surface area contributed by atoms with Crippen LogP contribution in [0, 0.1) is 0 Å². The van der Waals surface area contributed by atoms with Crippen LogP contribution >= 0.6 is 0 Å². The van der Waals surface area contributed by atoms with E-state index in [0.717, 1.165) is 49.9 Å². The second-order valence-corrected chi connectivity index (χ2v) is 17.6. The molecule has 0 bridgehead atoms. The van der Waals surface area contributed by atoms with Crippen LogP contribution in [0.15, 0.2) is 94.7 Å². The normalized spacial score (nSPS) is 11.3. The summed E-state index contributed by atoms with van der Waals surface area (Å²) in [5, 5.41) is 21.1. The predicted octanol–water partition coefficient (Wildman–Crippen LogP) is 11.7. The van der Waals surface area contributed by atoms with Crippen LogP contribution in [0.2, 0.25) is 0 Å². The van der Waals surface area contributed by atoms with Gasteiger partial charge in [-0.05, 0) is 85.3 Å². The molecule has 0 saturated heterocycles. The number of ether oxygens (including phenoxy) is 2. The molecule has 4 aromatic carbocycles. The molecule has 0 atom stereocenters. The summed E-state index contributed by atoms with van der Waals surface area (Å²) in [4.78, 5) is -0.912. The largest absolute Gasteiger partial charge is 2.00 e. The Morgan fingerprint density at radius 2 is 0.881 bits per heavy atom. The maximum atomic E-state index is 11.5. The Morgan fingerprint density at radius 1 is 0.508 bits per heavy atom. The molecule has 0 heterocycles. The number of benzene rings is 4. The third kappa shape index (κ3) is 21.5. The Bertz CT molecular complexity index is 1840. The van der Waals surface area contributed by atoms with Gasteiger partial charge in [-0.1, -0.05) is 147 Å². The smallest absolute Gasteiger partial charge is 0.872 e. The monoisotopic (exact) mass is 878 g/mol. The maximum absolute atomic E-state index is 11.5. The third-order valence-corrected chi connectivity index (χ3v) is 11.6. The van der Waals surface area contributed by atoms with Crippen LogP contribution in [0.25, 0.3) is 0 Å². The van der Waals surface area contributed by atoms with Crippen molar-refractivity contribution in [3.8, 4) is 34.5 Å². The molecule has 0 saturated carbocycles. The second kappa shape index (κ2) is 28.6. The Labute approximate surface area is 383 Å². The van der Waals surface area contributed by atoms with Gasteiger partial charge in [0.05, 0.1) is 4.90 Å². The summed E-state index contributed by atoms with van der Waals surface area (Å²) in [6.45, 7) is 4.47. The molecule has 0 aliphatic rings. The van der Waals surface area contributed by atoms with E-state index in [2.05, 4.69) is 13.8 Å². The topological polar surface area (TPSA) is 173 Å². The maximum Gasteiger partial charge on any atom is 2.00 e. The molecule has 0 fully saturated rings. The molecule has 10 nitrogen and oxygen atoms in total. The summed E-state index contributed by atoms with van der Waals surface area (Å²) < 4.78 is 77.3. The summed E-state index contributed by atoms with van der Waals surface area (Å²) in [5.74, 6) is -0.0881. The first-order valence-corrected chi connectivity index (χ1v) is 23.8. The zero-order valence-electron chi connectivity index (χ0n) is 34.9. The second-order valence-electron chi connectivity index (χ2n) is 14.8. The standard InChI is InChI=1S/2C23H32O5S.Ca/c2*1-2-3-4-5-6-7-8-9-10-11-19-12-15-21(16-13-19)28-22-18-20(24)14-17-23(22)29(25,26)27;/h2*12-18,24H,2-11H2,1H3,(H,25,26,27);/q;;+2/p-2. The summed E-state index contributed by atoms with van der Waals surface area (Å²) >= 11 is 0. The predicted molar refractivity (Wildman–Crippen MR) is 232 cm³/mol. The van der Waals surface area contributed by atoms with Gasteiger partial charge in [0, 0.05) is 6.07 Å². The van der Waals surface area contributed by atoms with Gasteiger partial charge in [0.2, 0.25) is 0 Å². The fraction of sp³-hybridized carbons (Fsp3) is 0.478. The molecule has 0 aliphatic heterocycles. The van der Waals surface area contributed by atoms with Crippen LogP contribution in [0.3, 0.4) is 0 Å². The van der Waals surface area contributed by atoms with E-state index in [1.165, 1.54) is 126 Å². The minimum absolute atomic E-state index is 0. The van der Waals surface area contributed by atoms with E-state index in [1.54, 1.807) is 24.3 Å². The fourth-order valence-electron chi connectivity index (χ4n) is 6.55. The molecule has 4 rings (SSSR count). The molecule has 13 heteroatoms. The van der Waals surface area contributed by atoms with Crippen LogP contribution in [0.5, 0.6) is 34.5 Å². The van der Waals surface area contributed by atoms with Crippen molar-refractivity contribution in [3.63, 3.8) is 0 Å². The third-order valence-electron chi connectivity index (χ3n) is 9.83. The zero-order valence-corrected chi connectivity index (χ0v) is 38.8. The number of phenols is 1. The van der Waals surface area contributed by atoms with Crippen LogP contribution in [0.1, 0.15) is 141 Å². The van der Waals surface area contributed by atoms with Crippen molar-refractivity contribution in [2.24, 2.45) is 0 Å². The summed E-state index contributed by atoms with van der Waals surface area (Å²) in [5.41, 5.74) is 2.38.